The number of amides is 1. The van der Waals surface area contributed by atoms with Gasteiger partial charge in [-0.15, -0.1) is 0 Å². The standard InChI is InChI=1S/C14H14FNO2/c1-8(14(17)16-3)7-12-9(2)10-5-4-6-11(15)13(10)18-12/h4-6H,1,7H2,2-3H3,(H,16,17). The Hall–Kier alpha value is -2.10. The number of hydrogen-bond donors (Lipinski definition) is 1. The van der Waals surface area contributed by atoms with Gasteiger partial charge in [0, 0.05) is 24.4 Å². The minimum Gasteiger partial charge on any atom is -0.457 e. The number of fused-ring (bicyclic) bond motifs is 1. The number of carbonyl (C=O) groups excluding carboxylic acids is 1. The number of nitrogens with one attached hydrogen (secondary N) is 1. The maximum atomic E-state index is 13.5. The molecule has 0 atom stereocenters. The molecular formula is C14H14FNO2. The monoisotopic (exact) mass is 247 g/mol. The predicted molar refractivity (Wildman–Crippen MR) is 67.8 cm³/mol. The van der Waals surface area contributed by atoms with Crippen LogP contribution in [0.4, 0.5) is 4.39 Å². The van der Waals surface area contributed by atoms with Crippen molar-refractivity contribution in [2.75, 3.05) is 7.05 Å². The quantitative estimate of drug-likeness (QED) is 0.847. The molecule has 0 spiro atoms. The van der Waals surface area contributed by atoms with Crippen molar-refractivity contribution in [3.05, 3.63) is 47.5 Å². The maximum absolute atomic E-state index is 13.5. The fraction of sp³-hybridized carbons (Fsp3) is 0.214. The van der Waals surface area contributed by atoms with Crippen LogP contribution in [0.15, 0.2) is 34.8 Å². The van der Waals surface area contributed by atoms with Crippen LogP contribution in [0.2, 0.25) is 0 Å². The Morgan fingerprint density at radius 1 is 1.50 bits per heavy atom. The molecule has 0 unspecified atom stereocenters. The Balaban J connectivity index is 2.41. The normalized spacial score (nSPS) is 10.6. The molecule has 1 amide bonds. The second-order valence-electron chi connectivity index (χ2n) is 4.13. The van der Waals surface area contributed by atoms with Crippen LogP contribution in [0, 0.1) is 12.7 Å². The van der Waals surface area contributed by atoms with Gasteiger partial charge in [0.15, 0.2) is 11.4 Å². The molecule has 0 saturated carbocycles. The molecule has 0 radical (unpaired) electrons. The Kier molecular flexibility index (Phi) is 3.19. The first-order chi connectivity index (χ1) is 8.54. The number of likely N-dealkylation sites (N-methyl/N-ethyl adjacent to an activating group) is 1. The van der Waals surface area contributed by atoms with E-state index >= 15 is 0 Å². The van der Waals surface area contributed by atoms with Gasteiger partial charge in [-0.25, -0.2) is 4.39 Å². The highest BCUT2D eigenvalue weighted by molar-refractivity contribution is 5.93. The van der Waals surface area contributed by atoms with Gasteiger partial charge in [-0.2, -0.15) is 0 Å². The van der Waals surface area contributed by atoms with Crippen LogP contribution in [0.3, 0.4) is 0 Å². The number of benzene rings is 1. The zero-order chi connectivity index (χ0) is 13.3. The minimum absolute atomic E-state index is 0.231. The van der Waals surface area contributed by atoms with Gasteiger partial charge in [0.2, 0.25) is 5.91 Å². The van der Waals surface area contributed by atoms with Gasteiger partial charge < -0.3 is 9.73 Å². The average molecular weight is 247 g/mol. The van der Waals surface area contributed by atoms with Crippen LogP contribution in [-0.4, -0.2) is 13.0 Å². The van der Waals surface area contributed by atoms with E-state index in [-0.39, 0.29) is 17.9 Å². The molecule has 0 aliphatic carbocycles. The molecule has 0 bridgehead atoms. The van der Waals surface area contributed by atoms with Crippen molar-refractivity contribution in [3.63, 3.8) is 0 Å². The van der Waals surface area contributed by atoms with Crippen LogP contribution in [0.1, 0.15) is 11.3 Å². The van der Waals surface area contributed by atoms with Crippen LogP contribution >= 0.6 is 0 Å². The van der Waals surface area contributed by atoms with E-state index in [9.17, 15) is 9.18 Å². The molecule has 1 aromatic heterocycles. The number of furan rings is 1. The zero-order valence-corrected chi connectivity index (χ0v) is 10.3. The molecule has 94 valence electrons. The van der Waals surface area contributed by atoms with Gasteiger partial charge in [-0.05, 0) is 18.6 Å². The Morgan fingerprint density at radius 3 is 2.83 bits per heavy atom. The largest absolute Gasteiger partial charge is 0.457 e. The zero-order valence-electron chi connectivity index (χ0n) is 10.3. The highest BCUT2D eigenvalue weighted by Crippen LogP contribution is 2.28. The topological polar surface area (TPSA) is 42.2 Å². The first kappa shape index (κ1) is 12.4. The van der Waals surface area contributed by atoms with E-state index in [2.05, 4.69) is 11.9 Å². The molecule has 3 nitrogen and oxygen atoms in total. The summed E-state index contributed by atoms with van der Waals surface area (Å²) in [5.74, 6) is -0.0635. The van der Waals surface area contributed by atoms with Gasteiger partial charge in [0.05, 0.1) is 0 Å². The molecule has 2 aromatic rings. The van der Waals surface area contributed by atoms with Crippen molar-refractivity contribution < 1.29 is 13.6 Å². The van der Waals surface area contributed by atoms with Crippen molar-refractivity contribution >= 4 is 16.9 Å². The van der Waals surface area contributed by atoms with Gasteiger partial charge in [0.25, 0.3) is 0 Å². The van der Waals surface area contributed by atoms with Crippen LogP contribution in [0.5, 0.6) is 0 Å². The van der Waals surface area contributed by atoms with Gasteiger partial charge >= 0.3 is 0 Å². The van der Waals surface area contributed by atoms with E-state index in [1.807, 2.05) is 6.92 Å². The summed E-state index contributed by atoms with van der Waals surface area (Å²) in [6.07, 6.45) is 0.277. The molecule has 1 N–H and O–H groups in total. The lowest BCUT2D eigenvalue weighted by Crippen LogP contribution is -2.20. The van der Waals surface area contributed by atoms with E-state index in [1.54, 1.807) is 19.2 Å². The van der Waals surface area contributed by atoms with Crippen molar-refractivity contribution in [3.8, 4) is 0 Å². The summed E-state index contributed by atoms with van der Waals surface area (Å²) < 4.78 is 19.0. The fourth-order valence-corrected chi connectivity index (χ4v) is 1.88. The third-order valence-corrected chi connectivity index (χ3v) is 2.94. The van der Waals surface area contributed by atoms with E-state index in [0.717, 1.165) is 10.9 Å². The number of hydrogen-bond acceptors (Lipinski definition) is 2. The van der Waals surface area contributed by atoms with Gasteiger partial charge in [-0.1, -0.05) is 18.7 Å². The summed E-state index contributed by atoms with van der Waals surface area (Å²) in [4.78, 5) is 11.4. The highest BCUT2D eigenvalue weighted by atomic mass is 19.1. The molecule has 2 rings (SSSR count). The molecule has 4 heteroatoms. The number of para-hydroxylation sites is 1. The van der Waals surface area contributed by atoms with Crippen LogP contribution in [0.25, 0.3) is 11.0 Å². The lowest BCUT2D eigenvalue weighted by atomic mass is 10.1. The predicted octanol–water partition coefficient (Wildman–Crippen LogP) is 2.73. The van der Waals surface area contributed by atoms with E-state index in [1.165, 1.54) is 6.07 Å². The maximum Gasteiger partial charge on any atom is 0.246 e. The van der Waals surface area contributed by atoms with Gasteiger partial charge in [0.1, 0.15) is 5.76 Å². The first-order valence-electron chi connectivity index (χ1n) is 5.61. The van der Waals surface area contributed by atoms with Crippen molar-refractivity contribution in [2.45, 2.75) is 13.3 Å². The summed E-state index contributed by atoms with van der Waals surface area (Å²) in [7, 11) is 1.54. The summed E-state index contributed by atoms with van der Waals surface area (Å²) >= 11 is 0. The summed E-state index contributed by atoms with van der Waals surface area (Å²) in [6.45, 7) is 5.53. The Labute approximate surface area is 104 Å². The lowest BCUT2D eigenvalue weighted by Gasteiger charge is -2.02. The number of halogens is 1. The Bertz CT molecular complexity index is 628. The van der Waals surface area contributed by atoms with Crippen molar-refractivity contribution in [1.82, 2.24) is 5.32 Å². The summed E-state index contributed by atoms with van der Waals surface area (Å²) in [5.41, 5.74) is 1.46. The second-order valence-corrected chi connectivity index (χ2v) is 4.13. The summed E-state index contributed by atoms with van der Waals surface area (Å²) in [5, 5.41) is 3.23. The molecule has 0 aliphatic heterocycles. The second kappa shape index (κ2) is 4.64. The third kappa shape index (κ3) is 2.01. The minimum atomic E-state index is -0.396. The van der Waals surface area contributed by atoms with E-state index < -0.39 is 5.82 Å². The number of carbonyl (C=O) groups is 1. The Morgan fingerprint density at radius 2 is 2.22 bits per heavy atom. The molecule has 18 heavy (non-hydrogen) atoms. The van der Waals surface area contributed by atoms with Crippen LogP contribution in [-0.2, 0) is 11.2 Å². The summed E-state index contributed by atoms with van der Waals surface area (Å²) in [6, 6.07) is 4.78. The van der Waals surface area contributed by atoms with Crippen molar-refractivity contribution in [1.29, 1.82) is 0 Å². The lowest BCUT2D eigenvalue weighted by molar-refractivity contribution is -0.117. The first-order valence-corrected chi connectivity index (χ1v) is 5.61. The number of aryl methyl sites for hydroxylation is 1. The fourth-order valence-electron chi connectivity index (χ4n) is 1.88. The molecular weight excluding hydrogens is 233 g/mol. The van der Waals surface area contributed by atoms with E-state index in [0.29, 0.717) is 11.3 Å². The highest BCUT2D eigenvalue weighted by Gasteiger charge is 2.16. The van der Waals surface area contributed by atoms with E-state index in [4.69, 9.17) is 4.42 Å². The SMILES string of the molecule is C=C(Cc1oc2c(F)cccc2c1C)C(=O)NC. The number of rotatable bonds is 3. The molecule has 0 aliphatic rings. The molecule has 1 aromatic carbocycles. The molecule has 0 saturated heterocycles. The van der Waals surface area contributed by atoms with Gasteiger partial charge in [-0.3, -0.25) is 4.79 Å². The van der Waals surface area contributed by atoms with Crippen LogP contribution < -0.4 is 5.32 Å². The van der Waals surface area contributed by atoms with Crippen molar-refractivity contribution in [2.24, 2.45) is 0 Å². The third-order valence-electron chi connectivity index (χ3n) is 2.94. The smallest absolute Gasteiger partial charge is 0.246 e. The average Bonchev–Trinajstić information content (AvgIpc) is 2.68. The molecule has 1 heterocycles. The molecule has 0 fully saturated rings.